The van der Waals surface area contributed by atoms with Gasteiger partial charge in [0, 0.05) is 24.8 Å². The first-order valence-electron chi connectivity index (χ1n) is 9.45. The zero-order valence-corrected chi connectivity index (χ0v) is 16.6. The molecule has 4 rings (SSSR count). The molecule has 0 radical (unpaired) electrons. The molecular weight excluding hydrogens is 376 g/mol. The van der Waals surface area contributed by atoms with Gasteiger partial charge in [-0.1, -0.05) is 12.8 Å². The molecule has 1 aliphatic carbocycles. The third kappa shape index (κ3) is 4.06. The van der Waals surface area contributed by atoms with E-state index in [1.165, 1.54) is 12.8 Å². The molecule has 1 heterocycles. The molecule has 0 atom stereocenters. The average Bonchev–Trinajstić information content (AvgIpc) is 3.20. The van der Waals surface area contributed by atoms with E-state index in [0.717, 1.165) is 35.7 Å². The van der Waals surface area contributed by atoms with E-state index >= 15 is 0 Å². The van der Waals surface area contributed by atoms with Gasteiger partial charge < -0.3 is 20.1 Å². The van der Waals surface area contributed by atoms with Gasteiger partial charge in [0.25, 0.3) is 0 Å². The fraction of sp³-hybridized carbons (Fsp3) is 0.350. The first-order valence-corrected chi connectivity index (χ1v) is 10.9. The van der Waals surface area contributed by atoms with Gasteiger partial charge in [0.2, 0.25) is 0 Å². The van der Waals surface area contributed by atoms with Crippen molar-refractivity contribution in [2.45, 2.75) is 36.6 Å². The molecule has 0 aromatic heterocycles. The van der Waals surface area contributed by atoms with E-state index in [9.17, 15) is 8.42 Å². The largest absolute Gasteiger partial charge is 0.382 e. The lowest BCUT2D eigenvalue weighted by molar-refractivity contribution is 0.486. The van der Waals surface area contributed by atoms with Crippen LogP contribution in [0.25, 0.3) is 0 Å². The van der Waals surface area contributed by atoms with Gasteiger partial charge >= 0.3 is 10.1 Å². The highest BCUT2D eigenvalue weighted by Gasteiger charge is 2.20. The Morgan fingerprint density at radius 1 is 1.07 bits per heavy atom. The Morgan fingerprint density at radius 2 is 1.82 bits per heavy atom. The highest BCUT2D eigenvalue weighted by Crippen LogP contribution is 2.31. The van der Waals surface area contributed by atoms with E-state index in [1.807, 2.05) is 0 Å². The van der Waals surface area contributed by atoms with Crippen molar-refractivity contribution in [1.82, 2.24) is 0 Å². The number of benzene rings is 2. The molecule has 0 saturated heterocycles. The summed E-state index contributed by atoms with van der Waals surface area (Å²) < 4.78 is 30.6. The average molecular weight is 401 g/mol. The van der Waals surface area contributed by atoms with E-state index in [4.69, 9.17) is 4.18 Å². The second-order valence-electron chi connectivity index (χ2n) is 7.04. The van der Waals surface area contributed by atoms with Crippen molar-refractivity contribution in [2.75, 3.05) is 29.5 Å². The molecular formula is C20H24N4O3S. The van der Waals surface area contributed by atoms with Crippen molar-refractivity contribution in [3.63, 3.8) is 0 Å². The molecule has 0 amide bonds. The molecule has 8 heteroatoms. The van der Waals surface area contributed by atoms with Crippen molar-refractivity contribution in [1.29, 1.82) is 0 Å². The molecule has 0 bridgehead atoms. The van der Waals surface area contributed by atoms with Crippen LogP contribution in [0.15, 0.2) is 52.4 Å². The minimum absolute atomic E-state index is 0.129. The number of nitrogens with zero attached hydrogens (tertiary/aromatic N) is 1. The quantitative estimate of drug-likeness (QED) is 0.663. The number of hydrogen-bond acceptors (Lipinski definition) is 6. The van der Waals surface area contributed by atoms with Crippen LogP contribution >= 0.6 is 0 Å². The summed E-state index contributed by atoms with van der Waals surface area (Å²) in [7, 11) is -2.21. The monoisotopic (exact) mass is 400 g/mol. The summed E-state index contributed by atoms with van der Waals surface area (Å²) >= 11 is 0. The summed E-state index contributed by atoms with van der Waals surface area (Å²) in [6, 6.07) is 12.3. The first kappa shape index (κ1) is 18.6. The van der Waals surface area contributed by atoms with E-state index in [2.05, 4.69) is 20.9 Å². The van der Waals surface area contributed by atoms with Crippen molar-refractivity contribution in [2.24, 2.45) is 4.99 Å². The van der Waals surface area contributed by atoms with Crippen LogP contribution in [0.5, 0.6) is 5.75 Å². The molecule has 2 aromatic carbocycles. The molecule has 3 N–H and O–H groups in total. The number of anilines is 3. The Kier molecular flexibility index (Phi) is 5.13. The van der Waals surface area contributed by atoms with Crippen molar-refractivity contribution < 1.29 is 12.6 Å². The maximum Gasteiger partial charge on any atom is 0.339 e. The Balaban J connectivity index is 1.48. The molecule has 1 saturated carbocycles. The van der Waals surface area contributed by atoms with E-state index in [-0.39, 0.29) is 10.6 Å². The maximum absolute atomic E-state index is 12.6. The standard InChI is InChI=1S/C20H24N4O3S/c1-21-20-13-22-18-11-8-16(12-19(18)24-20)27-28(25,26)17-9-6-15(7-10-17)23-14-4-2-3-5-14/h6-12,14,22-23H,2-5,13H2,1H3,(H,21,24). The number of amidine groups is 1. The summed E-state index contributed by atoms with van der Waals surface area (Å²) in [5.74, 6) is 1.02. The predicted octanol–water partition coefficient (Wildman–Crippen LogP) is 3.67. The molecule has 1 fully saturated rings. The SMILES string of the molecule is CN=C1CNc2ccc(OS(=O)(=O)c3ccc(NC4CCCC4)cc3)cc2N1. The van der Waals surface area contributed by atoms with Crippen LogP contribution in [0, 0.1) is 0 Å². The Hall–Kier alpha value is -2.74. The lowest BCUT2D eigenvalue weighted by Gasteiger charge is -2.22. The Labute approximate surface area is 165 Å². The van der Waals surface area contributed by atoms with Crippen LogP contribution in [-0.2, 0) is 10.1 Å². The zero-order chi connectivity index (χ0) is 19.6. The molecule has 7 nitrogen and oxygen atoms in total. The molecule has 0 spiro atoms. The van der Waals surface area contributed by atoms with Crippen LogP contribution in [0.2, 0.25) is 0 Å². The van der Waals surface area contributed by atoms with Gasteiger partial charge in [-0.25, -0.2) is 0 Å². The molecule has 0 unspecified atom stereocenters. The van der Waals surface area contributed by atoms with Crippen molar-refractivity contribution in [3.05, 3.63) is 42.5 Å². The van der Waals surface area contributed by atoms with Crippen LogP contribution in [0.3, 0.4) is 0 Å². The predicted molar refractivity (Wildman–Crippen MR) is 112 cm³/mol. The van der Waals surface area contributed by atoms with E-state index < -0.39 is 10.1 Å². The molecule has 148 valence electrons. The number of fused-ring (bicyclic) bond motifs is 1. The zero-order valence-electron chi connectivity index (χ0n) is 15.7. The summed E-state index contributed by atoms with van der Waals surface area (Å²) in [5.41, 5.74) is 2.54. The minimum atomic E-state index is -3.91. The van der Waals surface area contributed by atoms with E-state index in [1.54, 1.807) is 49.5 Å². The third-order valence-corrected chi connectivity index (χ3v) is 6.32. The summed E-state index contributed by atoms with van der Waals surface area (Å²) in [6.45, 7) is 0.600. The van der Waals surface area contributed by atoms with Gasteiger partial charge in [0.05, 0.1) is 17.9 Å². The van der Waals surface area contributed by atoms with Crippen molar-refractivity contribution in [3.8, 4) is 5.75 Å². The number of hydrogen-bond donors (Lipinski definition) is 3. The van der Waals surface area contributed by atoms with Gasteiger partial charge in [-0.05, 0) is 49.2 Å². The topological polar surface area (TPSA) is 91.8 Å². The van der Waals surface area contributed by atoms with Crippen LogP contribution in [0.1, 0.15) is 25.7 Å². The number of aliphatic imine (C=N–C) groups is 1. The maximum atomic E-state index is 12.6. The molecule has 2 aliphatic rings. The van der Waals surface area contributed by atoms with Crippen LogP contribution in [-0.4, -0.2) is 33.9 Å². The lowest BCUT2D eigenvalue weighted by Crippen LogP contribution is -2.27. The highest BCUT2D eigenvalue weighted by molar-refractivity contribution is 7.87. The summed E-state index contributed by atoms with van der Waals surface area (Å²) in [5, 5.41) is 9.83. The van der Waals surface area contributed by atoms with E-state index in [0.29, 0.717) is 12.6 Å². The Morgan fingerprint density at radius 3 is 2.54 bits per heavy atom. The second-order valence-corrected chi connectivity index (χ2v) is 8.59. The van der Waals surface area contributed by atoms with Gasteiger partial charge in [0.15, 0.2) is 0 Å². The summed E-state index contributed by atoms with van der Waals surface area (Å²) in [4.78, 5) is 4.25. The fourth-order valence-electron chi connectivity index (χ4n) is 3.54. The van der Waals surface area contributed by atoms with Crippen LogP contribution < -0.4 is 20.1 Å². The molecule has 2 aromatic rings. The second kappa shape index (κ2) is 7.71. The summed E-state index contributed by atoms with van der Waals surface area (Å²) in [6.07, 6.45) is 4.81. The minimum Gasteiger partial charge on any atom is -0.382 e. The smallest absolute Gasteiger partial charge is 0.339 e. The van der Waals surface area contributed by atoms with Gasteiger partial charge in [-0.15, -0.1) is 0 Å². The van der Waals surface area contributed by atoms with Gasteiger partial charge in [-0.3, -0.25) is 4.99 Å². The fourth-order valence-corrected chi connectivity index (χ4v) is 4.47. The Bertz CT molecular complexity index is 981. The number of rotatable bonds is 5. The normalized spacial score (nSPS) is 18.2. The van der Waals surface area contributed by atoms with Crippen LogP contribution in [0.4, 0.5) is 17.1 Å². The van der Waals surface area contributed by atoms with Crippen molar-refractivity contribution >= 4 is 33.0 Å². The molecule has 1 aliphatic heterocycles. The molecule has 28 heavy (non-hydrogen) atoms. The highest BCUT2D eigenvalue weighted by atomic mass is 32.2. The number of nitrogens with one attached hydrogen (secondary N) is 3. The third-order valence-electron chi connectivity index (χ3n) is 5.06. The first-order chi connectivity index (χ1) is 13.5. The lowest BCUT2D eigenvalue weighted by atomic mass is 10.2. The van der Waals surface area contributed by atoms with Gasteiger partial charge in [0.1, 0.15) is 16.5 Å². The van der Waals surface area contributed by atoms with Gasteiger partial charge in [-0.2, -0.15) is 8.42 Å².